The molecule has 0 aromatic rings. The molecule has 0 amide bonds. The topological polar surface area (TPSA) is 86.7 Å². The second-order valence-corrected chi connectivity index (χ2v) is 24.0. The summed E-state index contributed by atoms with van der Waals surface area (Å²) in [5.41, 5.74) is 5.17. The number of rotatable bonds is 8. The fraction of sp³-hybridized carbons (Fsp3) is 0.844. The van der Waals surface area contributed by atoms with Crippen LogP contribution in [-0.2, 0) is 14.6 Å². The first-order chi connectivity index (χ1) is 24.6. The van der Waals surface area contributed by atoms with Gasteiger partial charge in [-0.2, -0.15) is 0 Å². The molecule has 8 heteroatoms. The summed E-state index contributed by atoms with van der Waals surface area (Å²) >= 11 is 6.54. The summed E-state index contributed by atoms with van der Waals surface area (Å²) in [6, 6.07) is 0. The lowest BCUT2D eigenvalue weighted by Gasteiger charge is -2.74. The van der Waals surface area contributed by atoms with E-state index in [0.29, 0.717) is 36.5 Å². The molecule has 7 aliphatic rings. The van der Waals surface area contributed by atoms with E-state index in [1.54, 1.807) is 0 Å². The smallest absolute Gasteiger partial charge is 0.325 e. The van der Waals surface area contributed by atoms with Crippen LogP contribution >= 0.6 is 11.6 Å². The van der Waals surface area contributed by atoms with Crippen molar-refractivity contribution in [1.82, 2.24) is 10.2 Å². The summed E-state index contributed by atoms with van der Waals surface area (Å²) in [6.07, 6.45) is 20.5. The van der Waals surface area contributed by atoms with E-state index in [4.69, 9.17) is 11.6 Å². The normalized spacial score (nSPS) is 45.9. The zero-order chi connectivity index (χ0) is 38.6. The minimum atomic E-state index is -2.96. The van der Waals surface area contributed by atoms with Gasteiger partial charge in [0.25, 0.3) is 0 Å². The molecule has 53 heavy (non-hydrogen) atoms. The Balaban J connectivity index is 1.13. The van der Waals surface area contributed by atoms with Gasteiger partial charge < -0.3 is 15.3 Å². The number of hydrogen-bond acceptors (Lipinski definition) is 5. The Morgan fingerprint density at radius 3 is 2.15 bits per heavy atom. The predicted octanol–water partition coefficient (Wildman–Crippen LogP) is 9.59. The number of fused-ring (bicyclic) bond motifs is 7. The summed E-state index contributed by atoms with van der Waals surface area (Å²) < 4.78 is 24.3. The van der Waals surface area contributed by atoms with Crippen molar-refractivity contribution in [2.24, 2.45) is 50.7 Å². The van der Waals surface area contributed by atoms with Crippen LogP contribution in [0.4, 0.5) is 0 Å². The number of aliphatic carboxylic acids is 1. The van der Waals surface area contributed by atoms with Crippen molar-refractivity contribution in [1.29, 1.82) is 0 Å². The Kier molecular flexibility index (Phi) is 9.98. The number of alkyl halides is 1. The van der Waals surface area contributed by atoms with E-state index < -0.39 is 20.7 Å². The first-order valence-electron chi connectivity index (χ1n) is 21.2. The van der Waals surface area contributed by atoms with Crippen LogP contribution in [0.2, 0.25) is 0 Å². The molecule has 7 rings (SSSR count). The quantitative estimate of drug-likeness (QED) is 0.189. The molecule has 1 saturated heterocycles. The highest BCUT2D eigenvalue weighted by molar-refractivity contribution is 7.91. The molecule has 6 nitrogen and oxygen atoms in total. The maximum Gasteiger partial charge on any atom is 0.325 e. The average molecular weight is 772 g/mol. The molecular formula is C45H71ClN2O4S. The lowest BCUT2D eigenvalue weighted by atomic mass is 9.31. The second-order valence-electron chi connectivity index (χ2n) is 21.0. The predicted molar refractivity (Wildman–Crippen MR) is 218 cm³/mol. The Morgan fingerprint density at radius 2 is 1.55 bits per heavy atom. The average Bonchev–Trinajstić information content (AvgIpc) is 3.38. The fourth-order valence-electron chi connectivity index (χ4n) is 15.6. The van der Waals surface area contributed by atoms with E-state index in [9.17, 15) is 18.3 Å². The number of nitrogens with zero attached hydrogens (tertiary/aromatic N) is 1. The van der Waals surface area contributed by atoms with Gasteiger partial charge in [-0.1, -0.05) is 65.8 Å². The highest BCUT2D eigenvalue weighted by Crippen LogP contribution is 2.79. The van der Waals surface area contributed by atoms with Crippen LogP contribution in [0.3, 0.4) is 0 Å². The van der Waals surface area contributed by atoms with E-state index in [1.165, 1.54) is 74.3 Å². The molecule has 4 saturated carbocycles. The van der Waals surface area contributed by atoms with Gasteiger partial charge in [-0.05, 0) is 172 Å². The highest BCUT2D eigenvalue weighted by Gasteiger charge is 2.74. The van der Waals surface area contributed by atoms with Gasteiger partial charge in [0.15, 0.2) is 0 Å². The van der Waals surface area contributed by atoms with E-state index in [1.807, 2.05) is 0 Å². The third-order valence-corrected chi connectivity index (χ3v) is 20.9. The molecule has 5 fully saturated rings. The third-order valence-electron chi connectivity index (χ3n) is 18.7. The third kappa shape index (κ3) is 5.86. The van der Waals surface area contributed by atoms with Crippen molar-refractivity contribution in [2.45, 2.75) is 154 Å². The lowest BCUT2D eigenvalue weighted by molar-refractivity contribution is -0.240. The van der Waals surface area contributed by atoms with Gasteiger partial charge in [-0.25, -0.2) is 8.42 Å². The molecule has 1 heterocycles. The van der Waals surface area contributed by atoms with Gasteiger partial charge in [0.1, 0.15) is 14.7 Å². The van der Waals surface area contributed by atoms with E-state index in [2.05, 4.69) is 77.4 Å². The van der Waals surface area contributed by atoms with E-state index >= 15 is 0 Å². The lowest BCUT2D eigenvalue weighted by Crippen LogP contribution is -2.71. The van der Waals surface area contributed by atoms with Crippen molar-refractivity contribution in [3.05, 3.63) is 35.5 Å². The zero-order valence-corrected chi connectivity index (χ0v) is 36.0. The summed E-state index contributed by atoms with van der Waals surface area (Å²) in [7, 11) is -2.96. The van der Waals surface area contributed by atoms with E-state index in [-0.39, 0.29) is 37.9 Å². The van der Waals surface area contributed by atoms with Crippen molar-refractivity contribution >= 4 is 27.4 Å². The molecule has 2 N–H and O–H groups in total. The van der Waals surface area contributed by atoms with Gasteiger partial charge >= 0.3 is 5.97 Å². The summed E-state index contributed by atoms with van der Waals surface area (Å²) in [5.74, 6) is 1.52. The molecule has 0 aromatic carbocycles. The van der Waals surface area contributed by atoms with Crippen LogP contribution in [0.5, 0.6) is 0 Å². The van der Waals surface area contributed by atoms with Crippen LogP contribution in [0.15, 0.2) is 35.5 Å². The van der Waals surface area contributed by atoms with Crippen LogP contribution in [0, 0.1) is 50.7 Å². The van der Waals surface area contributed by atoms with Crippen LogP contribution in [0.1, 0.15) is 138 Å². The summed E-state index contributed by atoms with van der Waals surface area (Å²) in [6.45, 7) is 26.4. The number of sulfone groups is 1. The van der Waals surface area contributed by atoms with Crippen molar-refractivity contribution in [3.63, 3.8) is 0 Å². The van der Waals surface area contributed by atoms with Crippen molar-refractivity contribution in [3.8, 4) is 0 Å². The molecule has 2 unspecified atom stereocenters. The number of allylic oxidation sites excluding steroid dienone is 5. The van der Waals surface area contributed by atoms with Gasteiger partial charge in [-0.3, -0.25) is 4.79 Å². The molecule has 0 aromatic heterocycles. The molecule has 0 bridgehead atoms. The Hall–Kier alpha value is -1.15. The highest BCUT2D eigenvalue weighted by atomic mass is 35.5. The molecule has 10 atom stereocenters. The second kappa shape index (κ2) is 13.2. The molecule has 1 aliphatic heterocycles. The van der Waals surface area contributed by atoms with Crippen molar-refractivity contribution in [2.75, 3.05) is 32.4 Å². The number of hydrogen-bond donors (Lipinski definition) is 2. The van der Waals surface area contributed by atoms with Gasteiger partial charge in [0.05, 0.1) is 5.25 Å². The molecule has 0 radical (unpaired) electrons. The minimum absolute atomic E-state index is 0.0294. The molecular weight excluding hydrogens is 700 g/mol. The van der Waals surface area contributed by atoms with Gasteiger partial charge in [0, 0.05) is 24.9 Å². The maximum absolute atomic E-state index is 12.2. The standard InChI is InChI=1S/C45H71ClN2O4S/c1-30(2)33-15-23-45(47-26-29-48-27-17-32(18-28-48)53(9,51)52)25-24-42(7)37(43(33,45)8)11-10-36-40(5)19-14-34(31-12-21-44(46,22-13-31)38(49)50)39(3,4)35(40)16-20-41(36,42)6/h12,14,32-33,35-37,47H,1,10-11,13,15-29H2,2-9H3,(H,49,50)/t33-,35-,36?,37-,40-,41+,42+,43+,44?,45-/m0/s1. The number of halogens is 1. The number of nitrogens with one attached hydrogen (secondary N) is 1. The Labute approximate surface area is 327 Å². The SMILES string of the molecule is C=C(C)[C@@H]1CC[C@]2(NCCN3CCC(S(C)(=O)=O)CC3)CC[C@]3(C)[C@H](CCC4[C@@]5(C)CC=C(C6=CCC(Cl)(C(=O)O)CC6)C(C)(C)[C@@H]5CC[C@]43C)[C@@]12C. The number of carboxylic acids is 1. The first kappa shape index (κ1) is 40.1. The van der Waals surface area contributed by atoms with Crippen LogP contribution in [-0.4, -0.2) is 72.5 Å². The first-order valence-corrected chi connectivity index (χ1v) is 23.6. The number of carboxylic acid groups (broad SMARTS) is 1. The van der Waals surface area contributed by atoms with Crippen LogP contribution in [0.25, 0.3) is 0 Å². The fourth-order valence-corrected chi connectivity index (χ4v) is 16.9. The summed E-state index contributed by atoms with van der Waals surface area (Å²) in [4.78, 5) is 13.2. The van der Waals surface area contributed by atoms with Gasteiger partial charge in [0.2, 0.25) is 0 Å². The van der Waals surface area contributed by atoms with Crippen molar-refractivity contribution < 1.29 is 18.3 Å². The van der Waals surface area contributed by atoms with E-state index in [0.717, 1.165) is 51.9 Å². The Morgan fingerprint density at radius 1 is 0.887 bits per heavy atom. The maximum atomic E-state index is 12.2. The number of carbonyl (C=O) groups is 1. The van der Waals surface area contributed by atoms with Crippen LogP contribution < -0.4 is 5.32 Å². The zero-order valence-electron chi connectivity index (χ0n) is 34.4. The molecule has 6 aliphatic carbocycles. The largest absolute Gasteiger partial charge is 0.480 e. The number of likely N-dealkylation sites (tertiary alicyclic amines) is 1. The molecule has 0 spiro atoms. The molecule has 298 valence electrons. The monoisotopic (exact) mass is 770 g/mol. The number of piperidine rings is 1. The summed E-state index contributed by atoms with van der Waals surface area (Å²) in [5, 5.41) is 13.9. The van der Waals surface area contributed by atoms with Gasteiger partial charge in [-0.15, -0.1) is 11.6 Å². The minimum Gasteiger partial charge on any atom is -0.480 e. The Bertz CT molecular complexity index is 1680.